The molecule has 37 heavy (non-hydrogen) atoms. The van der Waals surface area contributed by atoms with Gasteiger partial charge in [0.15, 0.2) is 40.3 Å². The maximum atomic E-state index is 15.2. The van der Waals surface area contributed by atoms with E-state index in [0.29, 0.717) is 34.5 Å². The number of amidine groups is 1. The predicted molar refractivity (Wildman–Crippen MR) is 140 cm³/mol. The molecule has 1 aromatic carbocycles. The van der Waals surface area contributed by atoms with Crippen LogP contribution in [0.15, 0.2) is 41.2 Å². The number of aromatic nitrogens is 1. The number of anilines is 3. The van der Waals surface area contributed by atoms with Gasteiger partial charge >= 0.3 is 0 Å². The summed E-state index contributed by atoms with van der Waals surface area (Å²) in [6.07, 6.45) is 1.02. The van der Waals surface area contributed by atoms with Crippen molar-refractivity contribution < 1.29 is 28.1 Å². The van der Waals surface area contributed by atoms with Crippen molar-refractivity contribution in [2.75, 3.05) is 37.3 Å². The normalized spacial score (nSPS) is 22.3. The molecule has 0 fully saturated rings. The summed E-state index contributed by atoms with van der Waals surface area (Å²) in [5.41, 5.74) is -0.347. The maximum Gasteiger partial charge on any atom is 0.269 e. The van der Waals surface area contributed by atoms with E-state index in [1.54, 1.807) is 38.1 Å². The molecule has 0 aliphatic carbocycles. The topological polar surface area (TPSA) is 115 Å². The number of benzene rings is 1. The number of amides is 1. The number of carbonyl (C=O) groups is 1. The van der Waals surface area contributed by atoms with Crippen molar-refractivity contribution in [1.82, 2.24) is 4.98 Å². The molecule has 3 heterocycles. The number of hydrogen-bond acceptors (Lipinski definition) is 9. The van der Waals surface area contributed by atoms with E-state index in [1.807, 2.05) is 13.8 Å². The Balaban J connectivity index is 1.64. The lowest BCUT2D eigenvalue weighted by molar-refractivity contribution is -0.129. The summed E-state index contributed by atoms with van der Waals surface area (Å²) in [4.78, 5) is 21.3. The number of nitrogens with zero attached hydrogens (tertiary/aromatic N) is 2. The smallest absolute Gasteiger partial charge is 0.269 e. The molecule has 4 rings (SSSR count). The van der Waals surface area contributed by atoms with Crippen LogP contribution < -0.4 is 34.9 Å². The van der Waals surface area contributed by atoms with Gasteiger partial charge in [-0.05, 0) is 38.0 Å². The third-order valence-electron chi connectivity index (χ3n) is 6.46. The Hall–Kier alpha value is -4.02. The zero-order valence-electron chi connectivity index (χ0n) is 21.9. The highest BCUT2D eigenvalue weighted by molar-refractivity contribution is 6.06. The first-order valence-electron chi connectivity index (χ1n) is 11.9. The van der Waals surface area contributed by atoms with E-state index >= 15 is 4.39 Å². The van der Waals surface area contributed by atoms with Crippen LogP contribution in [0.4, 0.5) is 21.7 Å². The van der Waals surface area contributed by atoms with Gasteiger partial charge in [-0.2, -0.15) is 0 Å². The van der Waals surface area contributed by atoms with Gasteiger partial charge in [-0.3, -0.25) is 4.79 Å². The number of rotatable bonds is 6. The summed E-state index contributed by atoms with van der Waals surface area (Å²) in [5, 5.41) is 9.05. The minimum Gasteiger partial charge on any atom is -0.493 e. The van der Waals surface area contributed by atoms with E-state index in [2.05, 4.69) is 25.9 Å². The highest BCUT2D eigenvalue weighted by Gasteiger charge is 2.36. The standard InChI is InChI=1S/C26H32FN5O5/c1-13-10-16(27)23(29-20-9-8-17-24(30-20)32-25(33)26(3,4)37-17)31-22(14(13)2)28-15-11-18(34-5)21(36-7)19(12-15)35-6/h8-14,22,28H,1-7H3,(H2,29,30,31,32,33). The van der Waals surface area contributed by atoms with Crippen molar-refractivity contribution in [2.45, 2.75) is 39.5 Å². The molecule has 0 radical (unpaired) electrons. The van der Waals surface area contributed by atoms with E-state index < -0.39 is 17.6 Å². The summed E-state index contributed by atoms with van der Waals surface area (Å²) < 4.78 is 37.3. The molecule has 3 unspecified atom stereocenters. The number of pyridine rings is 1. The van der Waals surface area contributed by atoms with Gasteiger partial charge in [0.1, 0.15) is 12.0 Å². The largest absolute Gasteiger partial charge is 0.493 e. The van der Waals surface area contributed by atoms with Gasteiger partial charge in [0.2, 0.25) is 5.75 Å². The molecule has 2 aliphatic rings. The first-order chi connectivity index (χ1) is 17.6. The fourth-order valence-corrected chi connectivity index (χ4v) is 4.05. The van der Waals surface area contributed by atoms with Crippen LogP contribution in [0.2, 0.25) is 0 Å². The molecule has 3 atom stereocenters. The SMILES string of the molecule is COc1cc(NC2N=C(Nc3ccc4c(n3)NC(=O)C(C)(C)O4)C(F)=CC(C)C2C)cc(OC)c1OC. The van der Waals surface area contributed by atoms with E-state index in [1.165, 1.54) is 27.4 Å². The van der Waals surface area contributed by atoms with Gasteiger partial charge in [-0.25, -0.2) is 14.4 Å². The number of ether oxygens (including phenoxy) is 4. The van der Waals surface area contributed by atoms with Crippen LogP contribution in [0, 0.1) is 11.8 Å². The molecule has 0 bridgehead atoms. The molecule has 0 saturated heterocycles. The Morgan fingerprint density at radius 3 is 2.38 bits per heavy atom. The van der Waals surface area contributed by atoms with Crippen molar-refractivity contribution in [2.24, 2.45) is 16.8 Å². The lowest BCUT2D eigenvalue weighted by Crippen LogP contribution is -2.46. The number of nitrogens with one attached hydrogen (secondary N) is 3. The fraction of sp³-hybridized carbons (Fsp3) is 0.423. The second-order valence-electron chi connectivity index (χ2n) is 9.45. The molecular formula is C26H32FN5O5. The van der Waals surface area contributed by atoms with Gasteiger partial charge < -0.3 is 34.9 Å². The molecule has 1 amide bonds. The number of allylic oxidation sites excluding steroid dienone is 1. The van der Waals surface area contributed by atoms with E-state index in [9.17, 15) is 4.79 Å². The average molecular weight is 514 g/mol. The molecule has 2 aromatic rings. The zero-order valence-corrected chi connectivity index (χ0v) is 21.9. The van der Waals surface area contributed by atoms with Crippen LogP contribution in [0.25, 0.3) is 0 Å². The Bertz CT molecular complexity index is 1240. The van der Waals surface area contributed by atoms with Gasteiger partial charge in [-0.15, -0.1) is 0 Å². The van der Waals surface area contributed by atoms with Gasteiger partial charge in [0, 0.05) is 23.7 Å². The molecule has 3 N–H and O–H groups in total. The Morgan fingerprint density at radius 1 is 1.08 bits per heavy atom. The van der Waals surface area contributed by atoms with Crippen LogP contribution in [-0.2, 0) is 4.79 Å². The molecule has 10 nitrogen and oxygen atoms in total. The van der Waals surface area contributed by atoms with Crippen molar-refractivity contribution in [3.05, 3.63) is 36.2 Å². The second-order valence-corrected chi connectivity index (χ2v) is 9.45. The Morgan fingerprint density at radius 2 is 1.76 bits per heavy atom. The third-order valence-corrected chi connectivity index (χ3v) is 6.46. The average Bonchev–Trinajstić information content (AvgIpc) is 2.95. The highest BCUT2D eigenvalue weighted by atomic mass is 19.1. The molecule has 0 spiro atoms. The van der Waals surface area contributed by atoms with E-state index in [0.717, 1.165) is 0 Å². The van der Waals surface area contributed by atoms with E-state index in [-0.39, 0.29) is 29.4 Å². The number of fused-ring (bicyclic) bond motifs is 1. The number of carbonyl (C=O) groups excluding carboxylic acids is 1. The minimum atomic E-state index is -1.01. The summed E-state index contributed by atoms with van der Waals surface area (Å²) in [6, 6.07) is 6.85. The fourth-order valence-electron chi connectivity index (χ4n) is 4.05. The molecule has 198 valence electrons. The zero-order chi connectivity index (χ0) is 26.9. The third kappa shape index (κ3) is 5.25. The quantitative estimate of drug-likeness (QED) is 0.513. The van der Waals surface area contributed by atoms with E-state index in [4.69, 9.17) is 18.9 Å². The lowest BCUT2D eigenvalue weighted by Gasteiger charge is -2.30. The lowest BCUT2D eigenvalue weighted by atomic mass is 9.93. The number of methoxy groups -OCH3 is 3. The predicted octanol–water partition coefficient (Wildman–Crippen LogP) is 4.60. The minimum absolute atomic E-state index is 0.0111. The molecule has 0 saturated carbocycles. The van der Waals surface area contributed by atoms with Crippen molar-refractivity contribution in [3.63, 3.8) is 0 Å². The summed E-state index contributed by atoms with van der Waals surface area (Å²) >= 11 is 0. The van der Waals surface area contributed by atoms with Crippen molar-refractivity contribution in [1.29, 1.82) is 0 Å². The van der Waals surface area contributed by atoms with Gasteiger partial charge in [0.05, 0.1) is 21.3 Å². The van der Waals surface area contributed by atoms with Crippen LogP contribution in [0.1, 0.15) is 27.7 Å². The van der Waals surface area contributed by atoms with Crippen LogP contribution in [0.3, 0.4) is 0 Å². The number of hydrogen-bond donors (Lipinski definition) is 3. The van der Waals surface area contributed by atoms with Crippen LogP contribution in [0.5, 0.6) is 23.0 Å². The molecular weight excluding hydrogens is 481 g/mol. The number of halogens is 1. The maximum absolute atomic E-state index is 15.2. The second kappa shape index (κ2) is 10.2. The van der Waals surface area contributed by atoms with Crippen molar-refractivity contribution in [3.8, 4) is 23.0 Å². The monoisotopic (exact) mass is 513 g/mol. The Labute approximate surface area is 215 Å². The van der Waals surface area contributed by atoms with Crippen molar-refractivity contribution >= 4 is 29.1 Å². The van der Waals surface area contributed by atoms with Crippen LogP contribution in [-0.4, -0.2) is 49.8 Å². The highest BCUT2D eigenvalue weighted by Crippen LogP contribution is 2.41. The molecule has 2 aliphatic heterocycles. The first kappa shape index (κ1) is 26.1. The first-order valence-corrected chi connectivity index (χ1v) is 11.9. The molecule has 1 aromatic heterocycles. The molecule has 11 heteroatoms. The summed E-state index contributed by atoms with van der Waals surface area (Å²) in [6.45, 7) is 7.25. The van der Waals surface area contributed by atoms with Gasteiger partial charge in [-0.1, -0.05) is 13.8 Å². The van der Waals surface area contributed by atoms with Gasteiger partial charge in [0.25, 0.3) is 5.91 Å². The van der Waals surface area contributed by atoms with Crippen LogP contribution >= 0.6 is 0 Å². The Kier molecular flexibility index (Phi) is 7.15. The number of aliphatic imine (C=N–C) groups is 1. The summed E-state index contributed by atoms with van der Waals surface area (Å²) in [7, 11) is 4.61. The summed E-state index contributed by atoms with van der Waals surface area (Å²) in [5.74, 6) is 1.40.